The molecule has 0 atom stereocenters. The molecule has 0 saturated carbocycles. The maximum Gasteiger partial charge on any atom is 0.293 e. The highest BCUT2D eigenvalue weighted by Crippen LogP contribution is 2.31. The van der Waals surface area contributed by atoms with Gasteiger partial charge < -0.3 is 5.32 Å². The van der Waals surface area contributed by atoms with Crippen LogP contribution < -0.4 is 5.32 Å². The zero-order chi connectivity index (χ0) is 16.6. The number of hydrogen-bond donors (Lipinski definition) is 2. The number of fused-ring (bicyclic) bond motifs is 1. The molecule has 0 spiro atoms. The molecule has 0 amide bonds. The van der Waals surface area contributed by atoms with Crippen LogP contribution >= 0.6 is 0 Å². The van der Waals surface area contributed by atoms with Crippen LogP contribution in [0.15, 0.2) is 47.5 Å². The molecule has 0 aliphatic heterocycles. The molecule has 118 valence electrons. The van der Waals surface area contributed by atoms with E-state index >= 15 is 0 Å². The Hall–Kier alpha value is -2.94. The Morgan fingerprint density at radius 1 is 1.22 bits per heavy atom. The molecule has 2 aromatic carbocycles. The molecule has 3 rings (SSSR count). The number of nitro groups is 1. The molecular formula is C14H12N4O4S. The Balaban J connectivity index is 2.03. The van der Waals surface area contributed by atoms with Crippen molar-refractivity contribution in [2.75, 3.05) is 11.6 Å². The minimum absolute atomic E-state index is 0.0972. The number of hydrogen-bond acceptors (Lipinski definition) is 6. The maximum atomic E-state index is 11.5. The molecule has 2 N–H and O–H groups in total. The smallest absolute Gasteiger partial charge is 0.293 e. The van der Waals surface area contributed by atoms with Crippen molar-refractivity contribution in [3.8, 4) is 0 Å². The number of aromatic amines is 1. The molecule has 1 aromatic heterocycles. The van der Waals surface area contributed by atoms with Crippen molar-refractivity contribution >= 4 is 37.8 Å². The summed E-state index contributed by atoms with van der Waals surface area (Å²) in [6.07, 6.45) is 2.65. The fraction of sp³-hybridized carbons (Fsp3) is 0.0714. The van der Waals surface area contributed by atoms with Crippen LogP contribution in [0.1, 0.15) is 0 Å². The van der Waals surface area contributed by atoms with Crippen molar-refractivity contribution in [1.29, 1.82) is 0 Å². The Bertz CT molecular complexity index is 1010. The van der Waals surface area contributed by atoms with E-state index in [4.69, 9.17) is 0 Å². The maximum absolute atomic E-state index is 11.5. The van der Waals surface area contributed by atoms with Gasteiger partial charge in [-0.25, -0.2) is 8.42 Å². The summed E-state index contributed by atoms with van der Waals surface area (Å²) in [5, 5.41) is 21.7. The number of nitrogens with zero attached hydrogens (tertiary/aromatic N) is 2. The summed E-state index contributed by atoms with van der Waals surface area (Å²) in [6.45, 7) is 0. The molecule has 0 fully saturated rings. The fourth-order valence-corrected chi connectivity index (χ4v) is 2.82. The Kier molecular flexibility index (Phi) is 3.49. The standard InChI is InChI=1S/C14H12N4O4S/c1-23(21,22)11-3-5-13(14(7-11)18(19)20)16-10-2-4-12-9(6-10)8-15-17-12/h2-8,16H,1H3,(H,15,17). The van der Waals surface area contributed by atoms with Gasteiger partial charge in [-0.05, 0) is 30.3 Å². The Morgan fingerprint density at radius 3 is 2.70 bits per heavy atom. The van der Waals surface area contributed by atoms with Crippen molar-refractivity contribution in [2.45, 2.75) is 4.90 Å². The van der Waals surface area contributed by atoms with Crippen molar-refractivity contribution < 1.29 is 13.3 Å². The predicted octanol–water partition coefficient (Wildman–Crippen LogP) is 2.62. The van der Waals surface area contributed by atoms with Crippen LogP contribution in [-0.4, -0.2) is 29.8 Å². The monoisotopic (exact) mass is 332 g/mol. The van der Waals surface area contributed by atoms with E-state index in [9.17, 15) is 18.5 Å². The zero-order valence-electron chi connectivity index (χ0n) is 12.0. The number of anilines is 2. The molecule has 3 aromatic rings. The minimum atomic E-state index is -3.51. The number of sulfone groups is 1. The molecule has 0 bridgehead atoms. The molecule has 0 unspecified atom stereocenters. The number of benzene rings is 2. The van der Waals surface area contributed by atoms with Gasteiger partial charge in [0.2, 0.25) is 0 Å². The third-order valence-corrected chi connectivity index (χ3v) is 4.42. The molecule has 9 heteroatoms. The molecule has 0 aliphatic carbocycles. The van der Waals surface area contributed by atoms with E-state index in [1.807, 2.05) is 0 Å². The number of nitrogens with one attached hydrogen (secondary N) is 2. The first kappa shape index (κ1) is 15.0. The first-order chi connectivity index (χ1) is 10.8. The van der Waals surface area contributed by atoms with Crippen LogP contribution in [0.2, 0.25) is 0 Å². The van der Waals surface area contributed by atoms with Crippen LogP contribution in [0.25, 0.3) is 10.9 Å². The van der Waals surface area contributed by atoms with Crippen molar-refractivity contribution in [1.82, 2.24) is 10.2 Å². The summed E-state index contributed by atoms with van der Waals surface area (Å²) < 4.78 is 23.1. The van der Waals surface area contributed by atoms with Crippen molar-refractivity contribution in [3.63, 3.8) is 0 Å². The lowest BCUT2D eigenvalue weighted by Crippen LogP contribution is -2.02. The molecule has 0 radical (unpaired) electrons. The Morgan fingerprint density at radius 2 is 2.00 bits per heavy atom. The SMILES string of the molecule is CS(=O)(=O)c1ccc(Nc2ccc3[nH]ncc3c2)c([N+](=O)[O-])c1. The van der Waals surface area contributed by atoms with E-state index in [-0.39, 0.29) is 16.3 Å². The summed E-state index contributed by atoms with van der Waals surface area (Å²) >= 11 is 0. The quantitative estimate of drug-likeness (QED) is 0.560. The van der Waals surface area contributed by atoms with Crippen LogP contribution in [0, 0.1) is 10.1 Å². The lowest BCUT2D eigenvalue weighted by atomic mass is 10.2. The molecular weight excluding hydrogens is 320 g/mol. The van der Waals surface area contributed by atoms with Gasteiger partial charge in [-0.3, -0.25) is 15.2 Å². The van der Waals surface area contributed by atoms with Crippen LogP contribution in [0.4, 0.5) is 17.1 Å². The topological polar surface area (TPSA) is 118 Å². The van der Waals surface area contributed by atoms with E-state index < -0.39 is 14.8 Å². The molecule has 1 heterocycles. The third-order valence-electron chi connectivity index (χ3n) is 3.31. The van der Waals surface area contributed by atoms with Crippen molar-refractivity contribution in [3.05, 3.63) is 52.7 Å². The van der Waals surface area contributed by atoms with Gasteiger partial charge in [0, 0.05) is 23.4 Å². The van der Waals surface area contributed by atoms with E-state index in [2.05, 4.69) is 15.5 Å². The first-order valence-corrected chi connectivity index (χ1v) is 8.42. The van der Waals surface area contributed by atoms with Gasteiger partial charge in [-0.1, -0.05) is 0 Å². The highest BCUT2D eigenvalue weighted by Gasteiger charge is 2.18. The van der Waals surface area contributed by atoms with Gasteiger partial charge in [0.25, 0.3) is 5.69 Å². The summed E-state index contributed by atoms with van der Waals surface area (Å²) in [7, 11) is -3.51. The third kappa shape index (κ3) is 2.99. The van der Waals surface area contributed by atoms with Gasteiger partial charge in [0.1, 0.15) is 5.69 Å². The number of rotatable bonds is 4. The van der Waals surface area contributed by atoms with Crippen LogP contribution in [-0.2, 0) is 9.84 Å². The average molecular weight is 332 g/mol. The van der Waals surface area contributed by atoms with Gasteiger partial charge >= 0.3 is 0 Å². The second-order valence-corrected chi connectivity index (χ2v) is 7.02. The molecule has 0 saturated heterocycles. The van der Waals surface area contributed by atoms with Crippen molar-refractivity contribution in [2.24, 2.45) is 0 Å². The van der Waals surface area contributed by atoms with E-state index in [1.165, 1.54) is 12.1 Å². The summed E-state index contributed by atoms with van der Waals surface area (Å²) in [6, 6.07) is 9.09. The van der Waals surface area contributed by atoms with Crippen LogP contribution in [0.3, 0.4) is 0 Å². The summed E-state index contributed by atoms with van der Waals surface area (Å²) in [5.74, 6) is 0. The van der Waals surface area contributed by atoms with Gasteiger partial charge in [0.05, 0.1) is 21.5 Å². The van der Waals surface area contributed by atoms with Gasteiger partial charge in [-0.15, -0.1) is 0 Å². The molecule has 8 nitrogen and oxygen atoms in total. The highest BCUT2D eigenvalue weighted by molar-refractivity contribution is 7.90. The summed E-state index contributed by atoms with van der Waals surface area (Å²) in [4.78, 5) is 10.5. The number of nitro benzene ring substituents is 1. The average Bonchev–Trinajstić information content (AvgIpc) is 2.93. The van der Waals surface area contributed by atoms with E-state index in [1.54, 1.807) is 24.4 Å². The largest absolute Gasteiger partial charge is 0.350 e. The Labute approximate surface area is 131 Å². The second kappa shape index (κ2) is 5.36. The lowest BCUT2D eigenvalue weighted by Gasteiger charge is -2.08. The molecule has 0 aliphatic rings. The highest BCUT2D eigenvalue weighted by atomic mass is 32.2. The number of H-pyrrole nitrogens is 1. The first-order valence-electron chi connectivity index (χ1n) is 6.53. The normalized spacial score (nSPS) is 11.5. The zero-order valence-corrected chi connectivity index (χ0v) is 12.8. The summed E-state index contributed by atoms with van der Waals surface area (Å²) in [5.41, 5.74) is 1.39. The lowest BCUT2D eigenvalue weighted by molar-refractivity contribution is -0.384. The van der Waals surface area contributed by atoms with E-state index in [0.29, 0.717) is 5.69 Å². The predicted molar refractivity (Wildman–Crippen MR) is 85.6 cm³/mol. The second-order valence-electron chi connectivity index (χ2n) is 5.01. The fourth-order valence-electron chi connectivity index (χ4n) is 2.17. The van der Waals surface area contributed by atoms with E-state index in [0.717, 1.165) is 23.2 Å². The minimum Gasteiger partial charge on any atom is -0.350 e. The van der Waals surface area contributed by atoms with Gasteiger partial charge in [-0.2, -0.15) is 5.10 Å². The van der Waals surface area contributed by atoms with Crippen LogP contribution in [0.5, 0.6) is 0 Å². The molecule has 23 heavy (non-hydrogen) atoms. The number of aromatic nitrogens is 2. The van der Waals surface area contributed by atoms with Gasteiger partial charge in [0.15, 0.2) is 9.84 Å².